The van der Waals surface area contributed by atoms with Crippen molar-refractivity contribution in [2.75, 3.05) is 32.8 Å². The monoisotopic (exact) mass is 313 g/mol. The summed E-state index contributed by atoms with van der Waals surface area (Å²) in [7, 11) is 0. The summed E-state index contributed by atoms with van der Waals surface area (Å²) in [5, 5.41) is 2.87. The lowest BCUT2D eigenvalue weighted by molar-refractivity contribution is -0.122. The molecule has 1 amide bonds. The van der Waals surface area contributed by atoms with Crippen LogP contribution in [0.4, 0.5) is 0 Å². The molecule has 0 atom stereocenters. The standard InChI is InChI=1S/C15H23N3O2.ClH/c16-13-6-9-18(10-7-13)12-15(19)17-8-11-20-14-4-2-1-3-5-14;/h1-5,13H,6-12,16H2,(H,17,19);1H. The predicted octanol–water partition coefficient (Wildman–Crippen LogP) is 1.03. The zero-order valence-electron chi connectivity index (χ0n) is 12.2. The van der Waals surface area contributed by atoms with Crippen molar-refractivity contribution in [3.8, 4) is 5.75 Å². The number of piperidine rings is 1. The molecule has 1 aromatic rings. The Morgan fingerprint density at radius 2 is 1.95 bits per heavy atom. The topological polar surface area (TPSA) is 67.6 Å². The Morgan fingerprint density at radius 3 is 2.62 bits per heavy atom. The molecule has 1 aliphatic heterocycles. The van der Waals surface area contributed by atoms with Crippen molar-refractivity contribution < 1.29 is 9.53 Å². The molecule has 0 unspecified atom stereocenters. The number of ether oxygens (including phenoxy) is 1. The lowest BCUT2D eigenvalue weighted by atomic mass is 10.1. The van der Waals surface area contributed by atoms with Crippen LogP contribution in [-0.4, -0.2) is 49.6 Å². The van der Waals surface area contributed by atoms with Gasteiger partial charge in [-0.2, -0.15) is 0 Å². The third-order valence-corrected chi connectivity index (χ3v) is 3.44. The number of benzene rings is 1. The molecule has 118 valence electrons. The van der Waals surface area contributed by atoms with Gasteiger partial charge in [0.05, 0.1) is 13.1 Å². The van der Waals surface area contributed by atoms with Crippen molar-refractivity contribution >= 4 is 18.3 Å². The fraction of sp³-hybridized carbons (Fsp3) is 0.533. The summed E-state index contributed by atoms with van der Waals surface area (Å²) in [5.41, 5.74) is 5.84. The number of hydrogen-bond acceptors (Lipinski definition) is 4. The number of halogens is 1. The summed E-state index contributed by atoms with van der Waals surface area (Å²) in [6.45, 7) is 3.30. The van der Waals surface area contributed by atoms with Crippen LogP contribution in [0.2, 0.25) is 0 Å². The second-order valence-corrected chi connectivity index (χ2v) is 5.13. The molecule has 0 spiro atoms. The maximum absolute atomic E-state index is 11.8. The number of rotatable bonds is 6. The highest BCUT2D eigenvalue weighted by atomic mass is 35.5. The van der Waals surface area contributed by atoms with Crippen LogP contribution in [0.25, 0.3) is 0 Å². The number of amides is 1. The molecule has 2 rings (SSSR count). The van der Waals surface area contributed by atoms with Gasteiger partial charge in [-0.3, -0.25) is 9.69 Å². The molecular weight excluding hydrogens is 290 g/mol. The van der Waals surface area contributed by atoms with Gasteiger partial charge in [0, 0.05) is 19.1 Å². The number of hydrogen-bond donors (Lipinski definition) is 2. The minimum Gasteiger partial charge on any atom is -0.492 e. The quantitative estimate of drug-likeness (QED) is 0.770. The molecule has 1 aromatic carbocycles. The average molecular weight is 314 g/mol. The average Bonchev–Trinajstić information content (AvgIpc) is 2.47. The third kappa shape index (κ3) is 6.80. The van der Waals surface area contributed by atoms with Gasteiger partial charge in [0.15, 0.2) is 0 Å². The Hall–Kier alpha value is -1.30. The van der Waals surface area contributed by atoms with E-state index in [1.807, 2.05) is 30.3 Å². The Bertz CT molecular complexity index is 409. The van der Waals surface area contributed by atoms with Gasteiger partial charge >= 0.3 is 0 Å². The Morgan fingerprint density at radius 1 is 1.29 bits per heavy atom. The zero-order chi connectivity index (χ0) is 14.2. The van der Waals surface area contributed by atoms with E-state index in [0.29, 0.717) is 25.7 Å². The molecule has 0 aromatic heterocycles. The van der Waals surface area contributed by atoms with Crippen molar-refractivity contribution in [1.29, 1.82) is 0 Å². The minimum absolute atomic E-state index is 0. The number of para-hydroxylation sites is 1. The molecular formula is C15H24ClN3O2. The highest BCUT2D eigenvalue weighted by molar-refractivity contribution is 5.85. The molecule has 0 saturated carbocycles. The molecule has 6 heteroatoms. The second kappa shape index (κ2) is 9.60. The SMILES string of the molecule is Cl.NC1CCN(CC(=O)NCCOc2ccccc2)CC1. The number of nitrogens with zero attached hydrogens (tertiary/aromatic N) is 1. The van der Waals surface area contributed by atoms with E-state index in [2.05, 4.69) is 10.2 Å². The van der Waals surface area contributed by atoms with Crippen molar-refractivity contribution in [3.05, 3.63) is 30.3 Å². The first-order valence-electron chi connectivity index (χ1n) is 7.16. The van der Waals surface area contributed by atoms with Crippen LogP contribution in [-0.2, 0) is 4.79 Å². The molecule has 5 nitrogen and oxygen atoms in total. The highest BCUT2D eigenvalue weighted by Crippen LogP contribution is 2.08. The van der Waals surface area contributed by atoms with Crippen molar-refractivity contribution in [1.82, 2.24) is 10.2 Å². The van der Waals surface area contributed by atoms with Gasteiger partial charge in [-0.15, -0.1) is 12.4 Å². The highest BCUT2D eigenvalue weighted by Gasteiger charge is 2.17. The largest absolute Gasteiger partial charge is 0.492 e. The molecule has 0 aliphatic carbocycles. The van der Waals surface area contributed by atoms with E-state index in [0.717, 1.165) is 31.7 Å². The Labute approximate surface area is 132 Å². The first-order valence-corrected chi connectivity index (χ1v) is 7.16. The second-order valence-electron chi connectivity index (χ2n) is 5.13. The number of carbonyl (C=O) groups excluding carboxylic acids is 1. The van der Waals surface area contributed by atoms with Gasteiger partial charge in [0.2, 0.25) is 5.91 Å². The molecule has 1 heterocycles. The van der Waals surface area contributed by atoms with Gasteiger partial charge in [-0.1, -0.05) is 18.2 Å². The third-order valence-electron chi connectivity index (χ3n) is 3.44. The summed E-state index contributed by atoms with van der Waals surface area (Å²) >= 11 is 0. The first kappa shape index (κ1) is 17.8. The number of carbonyl (C=O) groups is 1. The van der Waals surface area contributed by atoms with Crippen LogP contribution in [0.1, 0.15) is 12.8 Å². The molecule has 3 N–H and O–H groups in total. The van der Waals surface area contributed by atoms with E-state index in [-0.39, 0.29) is 18.3 Å². The fourth-order valence-corrected chi connectivity index (χ4v) is 2.25. The number of likely N-dealkylation sites (tertiary alicyclic amines) is 1. The van der Waals surface area contributed by atoms with E-state index in [9.17, 15) is 4.79 Å². The lowest BCUT2D eigenvalue weighted by Gasteiger charge is -2.29. The summed E-state index contributed by atoms with van der Waals surface area (Å²) < 4.78 is 5.52. The summed E-state index contributed by atoms with van der Waals surface area (Å²) in [6, 6.07) is 9.90. The Balaban J connectivity index is 0.00000220. The number of nitrogens with one attached hydrogen (secondary N) is 1. The molecule has 21 heavy (non-hydrogen) atoms. The predicted molar refractivity (Wildman–Crippen MR) is 85.8 cm³/mol. The summed E-state index contributed by atoms with van der Waals surface area (Å²) in [5.74, 6) is 0.879. The minimum atomic E-state index is 0. The molecule has 0 bridgehead atoms. The first-order chi connectivity index (χ1) is 9.74. The van der Waals surface area contributed by atoms with Crippen LogP contribution in [0.3, 0.4) is 0 Å². The van der Waals surface area contributed by atoms with Gasteiger partial charge in [0.25, 0.3) is 0 Å². The summed E-state index contributed by atoms with van der Waals surface area (Å²) in [6.07, 6.45) is 1.95. The van der Waals surface area contributed by atoms with E-state index in [1.54, 1.807) is 0 Å². The van der Waals surface area contributed by atoms with E-state index in [1.165, 1.54) is 0 Å². The van der Waals surface area contributed by atoms with Crippen LogP contribution >= 0.6 is 12.4 Å². The van der Waals surface area contributed by atoms with E-state index >= 15 is 0 Å². The van der Waals surface area contributed by atoms with Crippen LogP contribution in [0.15, 0.2) is 30.3 Å². The number of nitrogens with two attached hydrogens (primary N) is 1. The normalized spacial score (nSPS) is 16.0. The Kier molecular flexibility index (Phi) is 8.12. The van der Waals surface area contributed by atoms with Crippen LogP contribution in [0, 0.1) is 0 Å². The van der Waals surface area contributed by atoms with Crippen molar-refractivity contribution in [3.63, 3.8) is 0 Å². The van der Waals surface area contributed by atoms with Crippen molar-refractivity contribution in [2.24, 2.45) is 5.73 Å². The molecule has 0 radical (unpaired) electrons. The summed E-state index contributed by atoms with van der Waals surface area (Å²) in [4.78, 5) is 13.9. The van der Waals surface area contributed by atoms with Gasteiger partial charge in [-0.05, 0) is 25.0 Å². The van der Waals surface area contributed by atoms with E-state index in [4.69, 9.17) is 10.5 Å². The lowest BCUT2D eigenvalue weighted by Crippen LogP contribution is -2.45. The zero-order valence-corrected chi connectivity index (χ0v) is 13.0. The maximum atomic E-state index is 11.8. The van der Waals surface area contributed by atoms with Crippen molar-refractivity contribution in [2.45, 2.75) is 18.9 Å². The van der Waals surface area contributed by atoms with Gasteiger partial charge in [-0.25, -0.2) is 0 Å². The van der Waals surface area contributed by atoms with Gasteiger partial charge < -0.3 is 15.8 Å². The smallest absolute Gasteiger partial charge is 0.234 e. The van der Waals surface area contributed by atoms with Crippen LogP contribution < -0.4 is 15.8 Å². The van der Waals surface area contributed by atoms with Gasteiger partial charge in [0.1, 0.15) is 12.4 Å². The molecule has 1 saturated heterocycles. The molecule has 1 aliphatic rings. The van der Waals surface area contributed by atoms with E-state index < -0.39 is 0 Å². The maximum Gasteiger partial charge on any atom is 0.234 e. The molecule has 1 fully saturated rings. The van der Waals surface area contributed by atoms with Crippen LogP contribution in [0.5, 0.6) is 5.75 Å². The fourth-order valence-electron chi connectivity index (χ4n) is 2.25.